The van der Waals surface area contributed by atoms with Crippen molar-refractivity contribution in [1.82, 2.24) is 5.32 Å². The fourth-order valence-corrected chi connectivity index (χ4v) is 1.97. The van der Waals surface area contributed by atoms with Crippen molar-refractivity contribution in [2.75, 3.05) is 18.5 Å². The molecule has 1 amide bonds. The van der Waals surface area contributed by atoms with Crippen LogP contribution in [0.25, 0.3) is 0 Å². The van der Waals surface area contributed by atoms with Gasteiger partial charge in [-0.25, -0.2) is 0 Å². The van der Waals surface area contributed by atoms with Crippen molar-refractivity contribution in [3.63, 3.8) is 0 Å². The van der Waals surface area contributed by atoms with Gasteiger partial charge in [0.1, 0.15) is 18.5 Å². The number of hydrogen-bond acceptors (Lipinski definition) is 4. The van der Waals surface area contributed by atoms with Crippen molar-refractivity contribution >= 4 is 11.6 Å². The van der Waals surface area contributed by atoms with E-state index in [-0.39, 0.29) is 12.5 Å². The number of hydrogen-bond donors (Lipinski definition) is 3. The van der Waals surface area contributed by atoms with Gasteiger partial charge in [-0.1, -0.05) is 19.9 Å². The average Bonchev–Trinajstić information content (AvgIpc) is 2.74. The topological polar surface area (TPSA) is 70.6 Å². The van der Waals surface area contributed by atoms with Crippen LogP contribution in [0.1, 0.15) is 19.4 Å². The van der Waals surface area contributed by atoms with Gasteiger partial charge in [0, 0.05) is 23.8 Å². The van der Waals surface area contributed by atoms with Crippen LogP contribution in [0.2, 0.25) is 0 Å². The molecule has 0 aliphatic carbocycles. The summed E-state index contributed by atoms with van der Waals surface area (Å²) in [7, 11) is 0. The molecule has 1 aromatic carbocycles. The van der Waals surface area contributed by atoms with Gasteiger partial charge in [0.05, 0.1) is 6.42 Å². The molecule has 0 radical (unpaired) electrons. The lowest BCUT2D eigenvalue weighted by molar-refractivity contribution is -0.115. The third kappa shape index (κ3) is 3.68. The Kier molecular flexibility index (Phi) is 4.39. The van der Waals surface area contributed by atoms with Crippen LogP contribution in [0.15, 0.2) is 18.2 Å². The van der Waals surface area contributed by atoms with Crippen LogP contribution < -0.4 is 15.4 Å². The molecular formula is C14H20N2O3. The molecule has 1 atom stereocenters. The van der Waals surface area contributed by atoms with Crippen LogP contribution in [0.4, 0.5) is 5.69 Å². The molecule has 0 bridgehead atoms. The molecule has 0 saturated heterocycles. The van der Waals surface area contributed by atoms with E-state index in [0.29, 0.717) is 24.8 Å². The Hall–Kier alpha value is -1.59. The van der Waals surface area contributed by atoms with Gasteiger partial charge in [-0.3, -0.25) is 4.79 Å². The fraction of sp³-hybridized carbons (Fsp3) is 0.500. The Balaban J connectivity index is 1.90. The van der Waals surface area contributed by atoms with Crippen LogP contribution >= 0.6 is 0 Å². The Morgan fingerprint density at radius 3 is 3.00 bits per heavy atom. The molecule has 19 heavy (non-hydrogen) atoms. The molecule has 1 heterocycles. The quantitative estimate of drug-likeness (QED) is 0.714. The van der Waals surface area contributed by atoms with E-state index in [9.17, 15) is 9.90 Å². The van der Waals surface area contributed by atoms with Gasteiger partial charge in [0.15, 0.2) is 0 Å². The summed E-state index contributed by atoms with van der Waals surface area (Å²) in [6, 6.07) is 5.83. The minimum Gasteiger partial charge on any atom is -0.490 e. The Morgan fingerprint density at radius 2 is 2.26 bits per heavy atom. The maximum atomic E-state index is 11.3. The molecule has 3 N–H and O–H groups in total. The molecule has 0 spiro atoms. The predicted molar refractivity (Wildman–Crippen MR) is 73.4 cm³/mol. The minimum absolute atomic E-state index is 0.0203. The molecule has 5 nitrogen and oxygen atoms in total. The Labute approximate surface area is 113 Å². The highest BCUT2D eigenvalue weighted by atomic mass is 16.5. The predicted octanol–water partition coefficient (Wildman–Crippen LogP) is 0.919. The lowest BCUT2D eigenvalue weighted by atomic mass is 10.1. The van der Waals surface area contributed by atoms with E-state index in [1.54, 1.807) is 0 Å². The van der Waals surface area contributed by atoms with E-state index in [0.717, 1.165) is 11.3 Å². The van der Waals surface area contributed by atoms with Crippen molar-refractivity contribution in [3.05, 3.63) is 23.8 Å². The average molecular weight is 264 g/mol. The summed E-state index contributed by atoms with van der Waals surface area (Å²) < 4.78 is 5.61. The summed E-state index contributed by atoms with van der Waals surface area (Å²) in [6.45, 7) is 4.75. The van der Waals surface area contributed by atoms with Crippen molar-refractivity contribution in [2.24, 2.45) is 0 Å². The van der Waals surface area contributed by atoms with Crippen LogP contribution in [0.3, 0.4) is 0 Å². The summed E-state index contributed by atoms with van der Waals surface area (Å²) >= 11 is 0. The fourth-order valence-electron chi connectivity index (χ4n) is 1.97. The molecule has 2 rings (SSSR count). The highest BCUT2D eigenvalue weighted by Crippen LogP contribution is 2.31. The first kappa shape index (κ1) is 13.8. The van der Waals surface area contributed by atoms with Crippen molar-refractivity contribution in [1.29, 1.82) is 0 Å². The summed E-state index contributed by atoms with van der Waals surface area (Å²) in [4.78, 5) is 11.3. The number of fused-ring (bicyclic) bond motifs is 1. The van der Waals surface area contributed by atoms with Crippen molar-refractivity contribution in [2.45, 2.75) is 32.4 Å². The first-order valence-electron chi connectivity index (χ1n) is 6.52. The molecule has 1 aliphatic rings. The Bertz CT molecular complexity index is 460. The molecule has 1 aromatic rings. The molecule has 1 aliphatic heterocycles. The standard InChI is InChI=1S/C14H20N2O3/c1-9(2)15-7-10(17)8-19-13-5-3-4-12-11(13)6-14(18)16-12/h3-5,9-10,15,17H,6-8H2,1-2H3,(H,16,18). The normalized spacial score (nSPS) is 15.3. The molecule has 1 unspecified atom stereocenters. The van der Waals surface area contributed by atoms with Gasteiger partial charge in [-0.15, -0.1) is 0 Å². The van der Waals surface area contributed by atoms with E-state index in [4.69, 9.17) is 4.74 Å². The zero-order valence-corrected chi connectivity index (χ0v) is 11.3. The number of ether oxygens (including phenoxy) is 1. The number of anilines is 1. The van der Waals surface area contributed by atoms with E-state index >= 15 is 0 Å². The smallest absolute Gasteiger partial charge is 0.229 e. The van der Waals surface area contributed by atoms with Gasteiger partial charge in [-0.2, -0.15) is 0 Å². The highest BCUT2D eigenvalue weighted by Gasteiger charge is 2.21. The van der Waals surface area contributed by atoms with Crippen molar-refractivity contribution < 1.29 is 14.6 Å². The SMILES string of the molecule is CC(C)NCC(O)COc1cccc2c1CC(=O)N2. The number of amides is 1. The second kappa shape index (κ2) is 6.04. The molecule has 0 fully saturated rings. The van der Waals surface area contributed by atoms with Gasteiger partial charge in [0.2, 0.25) is 5.91 Å². The summed E-state index contributed by atoms with van der Waals surface area (Å²) in [6.07, 6.45) is -0.227. The van der Waals surface area contributed by atoms with Gasteiger partial charge < -0.3 is 20.5 Å². The van der Waals surface area contributed by atoms with Gasteiger partial charge in [-0.05, 0) is 12.1 Å². The number of rotatable bonds is 6. The number of nitrogens with one attached hydrogen (secondary N) is 2. The zero-order chi connectivity index (χ0) is 13.8. The monoisotopic (exact) mass is 264 g/mol. The van der Waals surface area contributed by atoms with E-state index in [1.165, 1.54) is 0 Å². The third-order valence-electron chi connectivity index (χ3n) is 2.94. The maximum absolute atomic E-state index is 11.3. The summed E-state index contributed by atoms with van der Waals surface area (Å²) in [5, 5.41) is 15.7. The van der Waals surface area contributed by atoms with Crippen LogP contribution in [-0.4, -0.2) is 36.3 Å². The second-order valence-electron chi connectivity index (χ2n) is 5.03. The molecular weight excluding hydrogens is 244 g/mol. The lowest BCUT2D eigenvalue weighted by Crippen LogP contribution is -2.35. The van der Waals surface area contributed by atoms with Gasteiger partial charge in [0.25, 0.3) is 0 Å². The van der Waals surface area contributed by atoms with Crippen LogP contribution in [0.5, 0.6) is 5.75 Å². The number of aliphatic hydroxyl groups is 1. The summed E-state index contributed by atoms with van der Waals surface area (Å²) in [5.74, 6) is 0.646. The van der Waals surface area contributed by atoms with Crippen LogP contribution in [-0.2, 0) is 11.2 Å². The van der Waals surface area contributed by atoms with Gasteiger partial charge >= 0.3 is 0 Å². The Morgan fingerprint density at radius 1 is 1.47 bits per heavy atom. The molecule has 5 heteroatoms. The second-order valence-corrected chi connectivity index (χ2v) is 5.03. The van der Waals surface area contributed by atoms with E-state index in [1.807, 2.05) is 32.0 Å². The summed E-state index contributed by atoms with van der Waals surface area (Å²) in [5.41, 5.74) is 1.67. The first-order valence-corrected chi connectivity index (χ1v) is 6.52. The minimum atomic E-state index is -0.566. The molecule has 104 valence electrons. The number of carbonyl (C=O) groups is 1. The largest absolute Gasteiger partial charge is 0.490 e. The van der Waals surface area contributed by atoms with Crippen LogP contribution in [0, 0.1) is 0 Å². The number of carbonyl (C=O) groups excluding carboxylic acids is 1. The van der Waals surface area contributed by atoms with E-state index in [2.05, 4.69) is 10.6 Å². The lowest BCUT2D eigenvalue weighted by Gasteiger charge is -2.16. The van der Waals surface area contributed by atoms with E-state index < -0.39 is 6.10 Å². The first-order chi connectivity index (χ1) is 9.06. The molecule has 0 saturated carbocycles. The number of benzene rings is 1. The zero-order valence-electron chi connectivity index (χ0n) is 11.3. The third-order valence-corrected chi connectivity index (χ3v) is 2.94. The molecule has 0 aromatic heterocycles. The van der Waals surface area contributed by atoms with Crippen molar-refractivity contribution in [3.8, 4) is 5.75 Å². The number of aliphatic hydroxyl groups excluding tert-OH is 1. The maximum Gasteiger partial charge on any atom is 0.229 e. The highest BCUT2D eigenvalue weighted by molar-refractivity contribution is 6.00.